The molecule has 3 rings (SSSR count). The lowest BCUT2D eigenvalue weighted by atomic mass is 10.2. The number of amides is 3. The van der Waals surface area contributed by atoms with Crippen LogP contribution in [0.1, 0.15) is 10.5 Å². The fraction of sp³-hybridized carbons (Fsp3) is 0.0588. The van der Waals surface area contributed by atoms with Gasteiger partial charge in [0.1, 0.15) is 0 Å². The van der Waals surface area contributed by atoms with Gasteiger partial charge in [0.2, 0.25) is 5.88 Å². The van der Waals surface area contributed by atoms with E-state index in [1.165, 1.54) is 19.2 Å². The number of carbonyl (C=O) groups is 2. The van der Waals surface area contributed by atoms with Crippen LogP contribution in [0.5, 0.6) is 5.88 Å². The van der Waals surface area contributed by atoms with E-state index in [1.54, 1.807) is 30.3 Å². The molecule has 7 nitrogen and oxygen atoms in total. The summed E-state index contributed by atoms with van der Waals surface area (Å²) in [5.74, 6) is -0.809. The van der Waals surface area contributed by atoms with E-state index in [0.29, 0.717) is 21.7 Å². The Morgan fingerprint density at radius 3 is 2.23 bits per heavy atom. The molecule has 0 fully saturated rings. The lowest BCUT2D eigenvalue weighted by Gasteiger charge is -2.10. The first-order chi connectivity index (χ1) is 12.5. The van der Waals surface area contributed by atoms with Gasteiger partial charge < -0.3 is 10.1 Å². The third-order valence-electron chi connectivity index (χ3n) is 3.34. The summed E-state index contributed by atoms with van der Waals surface area (Å²) in [6, 6.07) is 11.0. The van der Waals surface area contributed by atoms with Crippen molar-refractivity contribution >= 4 is 51.9 Å². The molecule has 9 heteroatoms. The standard InChI is InChI=1S/C17H12Cl2N4O3/c1-26-16-14(21-12-7-10(18)11(19)8-13(12)22-16)15(24)23-17(25)20-9-5-3-2-4-6-9/h2-8H,1H3,(H2,20,23,24,25). The van der Waals surface area contributed by atoms with Crippen LogP contribution in [-0.2, 0) is 0 Å². The van der Waals surface area contributed by atoms with Crippen LogP contribution in [0.4, 0.5) is 10.5 Å². The number of methoxy groups -OCH3 is 1. The number of nitrogens with zero attached hydrogens (tertiary/aromatic N) is 2. The molecule has 0 aliphatic heterocycles. The van der Waals surface area contributed by atoms with Gasteiger partial charge in [-0.1, -0.05) is 41.4 Å². The van der Waals surface area contributed by atoms with Crippen molar-refractivity contribution < 1.29 is 14.3 Å². The second-order valence-electron chi connectivity index (χ2n) is 5.11. The molecule has 0 atom stereocenters. The third kappa shape index (κ3) is 3.84. The molecule has 0 radical (unpaired) electrons. The summed E-state index contributed by atoms with van der Waals surface area (Å²) in [5.41, 5.74) is 1.13. The van der Waals surface area contributed by atoms with Gasteiger partial charge in [-0.05, 0) is 24.3 Å². The van der Waals surface area contributed by atoms with E-state index >= 15 is 0 Å². The highest BCUT2D eigenvalue weighted by Gasteiger charge is 2.20. The van der Waals surface area contributed by atoms with Gasteiger partial charge in [0.25, 0.3) is 5.91 Å². The van der Waals surface area contributed by atoms with Crippen LogP contribution >= 0.6 is 23.2 Å². The molecule has 0 saturated heterocycles. The SMILES string of the molecule is COc1nc2cc(Cl)c(Cl)cc2nc1C(=O)NC(=O)Nc1ccccc1. The van der Waals surface area contributed by atoms with Gasteiger partial charge in [0.15, 0.2) is 5.69 Å². The number of aromatic nitrogens is 2. The van der Waals surface area contributed by atoms with Crippen LogP contribution in [0.25, 0.3) is 11.0 Å². The van der Waals surface area contributed by atoms with Crippen molar-refractivity contribution in [1.82, 2.24) is 15.3 Å². The Hall–Kier alpha value is -2.90. The molecular formula is C17H12Cl2N4O3. The van der Waals surface area contributed by atoms with Gasteiger partial charge in [0, 0.05) is 5.69 Å². The molecule has 0 aliphatic rings. The van der Waals surface area contributed by atoms with E-state index in [9.17, 15) is 9.59 Å². The number of anilines is 1. The number of nitrogens with one attached hydrogen (secondary N) is 2. The molecule has 26 heavy (non-hydrogen) atoms. The molecule has 2 N–H and O–H groups in total. The number of imide groups is 1. The molecule has 0 spiro atoms. The minimum atomic E-state index is -0.768. The summed E-state index contributed by atoms with van der Waals surface area (Å²) in [6.45, 7) is 0. The molecule has 0 bridgehead atoms. The van der Waals surface area contributed by atoms with Crippen molar-refractivity contribution in [2.24, 2.45) is 0 Å². The monoisotopic (exact) mass is 390 g/mol. The zero-order chi connectivity index (χ0) is 18.7. The smallest absolute Gasteiger partial charge is 0.326 e. The Labute approximate surface area is 158 Å². The van der Waals surface area contributed by atoms with Crippen LogP contribution in [0.2, 0.25) is 10.0 Å². The van der Waals surface area contributed by atoms with Gasteiger partial charge in [0.05, 0.1) is 28.2 Å². The predicted molar refractivity (Wildman–Crippen MR) is 99.0 cm³/mol. The number of ether oxygens (including phenoxy) is 1. The number of urea groups is 1. The van der Waals surface area contributed by atoms with Gasteiger partial charge in [-0.25, -0.2) is 14.8 Å². The average molecular weight is 391 g/mol. The summed E-state index contributed by atoms with van der Waals surface area (Å²) in [6.07, 6.45) is 0. The largest absolute Gasteiger partial charge is 0.479 e. The molecule has 1 aromatic heterocycles. The zero-order valence-electron chi connectivity index (χ0n) is 13.4. The quantitative estimate of drug-likeness (QED) is 0.706. The number of para-hydroxylation sites is 1. The van der Waals surface area contributed by atoms with E-state index in [0.717, 1.165) is 0 Å². The summed E-state index contributed by atoms with van der Waals surface area (Å²) >= 11 is 11.9. The van der Waals surface area contributed by atoms with E-state index in [4.69, 9.17) is 27.9 Å². The lowest BCUT2D eigenvalue weighted by Crippen LogP contribution is -2.35. The van der Waals surface area contributed by atoms with Gasteiger partial charge in [-0.2, -0.15) is 0 Å². The number of hydrogen-bond donors (Lipinski definition) is 2. The molecule has 0 aliphatic carbocycles. The maximum absolute atomic E-state index is 12.4. The molecule has 3 amide bonds. The second-order valence-corrected chi connectivity index (χ2v) is 5.93. The molecule has 0 unspecified atom stereocenters. The van der Waals surface area contributed by atoms with Crippen molar-refractivity contribution in [3.05, 3.63) is 58.2 Å². The number of benzene rings is 2. The maximum Gasteiger partial charge on any atom is 0.326 e. The third-order valence-corrected chi connectivity index (χ3v) is 4.06. The summed E-state index contributed by atoms with van der Waals surface area (Å²) in [4.78, 5) is 32.8. The number of fused-ring (bicyclic) bond motifs is 1. The summed E-state index contributed by atoms with van der Waals surface area (Å²) in [5, 5.41) is 5.29. The first kappa shape index (κ1) is 17.9. The predicted octanol–water partition coefficient (Wildman–Crippen LogP) is 3.91. The molecule has 2 aromatic carbocycles. The van der Waals surface area contributed by atoms with Crippen LogP contribution in [-0.4, -0.2) is 29.0 Å². The van der Waals surface area contributed by atoms with E-state index in [1.807, 2.05) is 0 Å². The Balaban J connectivity index is 1.87. The first-order valence-corrected chi connectivity index (χ1v) is 8.11. The Bertz CT molecular complexity index is 996. The molecular weight excluding hydrogens is 379 g/mol. The second kappa shape index (κ2) is 7.55. The van der Waals surface area contributed by atoms with Crippen LogP contribution < -0.4 is 15.4 Å². The normalized spacial score (nSPS) is 10.4. The first-order valence-electron chi connectivity index (χ1n) is 7.36. The molecule has 132 valence electrons. The van der Waals surface area contributed by atoms with E-state index in [-0.39, 0.29) is 16.6 Å². The van der Waals surface area contributed by atoms with Crippen molar-refractivity contribution in [3.8, 4) is 5.88 Å². The Kier molecular flexibility index (Phi) is 5.20. The van der Waals surface area contributed by atoms with E-state index in [2.05, 4.69) is 20.6 Å². The van der Waals surface area contributed by atoms with Gasteiger partial charge in [-0.3, -0.25) is 10.1 Å². The molecule has 1 heterocycles. The van der Waals surface area contributed by atoms with Crippen molar-refractivity contribution in [3.63, 3.8) is 0 Å². The van der Waals surface area contributed by atoms with Crippen molar-refractivity contribution in [2.45, 2.75) is 0 Å². The van der Waals surface area contributed by atoms with Crippen LogP contribution in [0.15, 0.2) is 42.5 Å². The number of hydrogen-bond acceptors (Lipinski definition) is 5. The maximum atomic E-state index is 12.4. The molecule has 0 saturated carbocycles. The van der Waals surface area contributed by atoms with Crippen molar-refractivity contribution in [1.29, 1.82) is 0 Å². The van der Waals surface area contributed by atoms with Crippen LogP contribution in [0, 0.1) is 0 Å². The summed E-state index contributed by atoms with van der Waals surface area (Å²) < 4.78 is 5.10. The fourth-order valence-corrected chi connectivity index (χ4v) is 2.49. The number of rotatable bonds is 3. The summed E-state index contributed by atoms with van der Waals surface area (Å²) in [7, 11) is 1.34. The zero-order valence-corrected chi connectivity index (χ0v) is 14.9. The van der Waals surface area contributed by atoms with E-state index < -0.39 is 11.9 Å². The average Bonchev–Trinajstić information content (AvgIpc) is 2.62. The number of carbonyl (C=O) groups excluding carboxylic acids is 2. The highest BCUT2D eigenvalue weighted by atomic mass is 35.5. The highest BCUT2D eigenvalue weighted by molar-refractivity contribution is 6.42. The van der Waals surface area contributed by atoms with Gasteiger partial charge in [-0.15, -0.1) is 0 Å². The van der Waals surface area contributed by atoms with Crippen LogP contribution in [0.3, 0.4) is 0 Å². The number of halogens is 2. The minimum Gasteiger partial charge on any atom is -0.479 e. The molecule has 3 aromatic rings. The van der Waals surface area contributed by atoms with Crippen molar-refractivity contribution in [2.75, 3.05) is 12.4 Å². The van der Waals surface area contributed by atoms with Gasteiger partial charge >= 0.3 is 6.03 Å². The fourth-order valence-electron chi connectivity index (χ4n) is 2.17. The lowest BCUT2D eigenvalue weighted by molar-refractivity contribution is 0.0958. The topological polar surface area (TPSA) is 93.2 Å². The Morgan fingerprint density at radius 1 is 1.00 bits per heavy atom. The minimum absolute atomic E-state index is 0.0408. The highest BCUT2D eigenvalue weighted by Crippen LogP contribution is 2.28. The Morgan fingerprint density at radius 2 is 1.62 bits per heavy atom.